The SMILES string of the molecule is O.O=P(c1ccccc1)(c1ccccc1)c1ccc2c(c1)c1ccccc1n2-c1cc(-n2c3ccccc3c3cc(P(c4ccccc4)c4ccccc4)ccc32)cc(-n2c3ccccc3c3cc(P(=O)(c4ccccc4)c4ccccc4)ccc32)c1. The van der Waals surface area contributed by atoms with Crippen LogP contribution in [0.5, 0.6) is 0 Å². The van der Waals surface area contributed by atoms with E-state index in [0.29, 0.717) is 0 Å². The van der Waals surface area contributed by atoms with Crippen molar-refractivity contribution in [2.75, 3.05) is 0 Å². The van der Waals surface area contributed by atoms with Gasteiger partial charge in [0.2, 0.25) is 0 Å². The molecule has 13 aromatic carbocycles. The zero-order valence-electron chi connectivity index (χ0n) is 47.2. The monoisotopic (exact) mass is 1180 g/mol. The van der Waals surface area contributed by atoms with Crippen molar-refractivity contribution in [3.05, 3.63) is 328 Å². The molecule has 0 bridgehead atoms. The lowest BCUT2D eigenvalue weighted by Gasteiger charge is -2.21. The number of hydrogen-bond donors (Lipinski definition) is 0. The Labute approximate surface area is 505 Å². The van der Waals surface area contributed by atoms with Gasteiger partial charge in [-0.3, -0.25) is 0 Å². The van der Waals surface area contributed by atoms with Gasteiger partial charge in [0.25, 0.3) is 0 Å². The van der Waals surface area contributed by atoms with Crippen LogP contribution in [0.15, 0.2) is 328 Å². The summed E-state index contributed by atoms with van der Waals surface area (Å²) in [6, 6.07) is 115. The number of nitrogens with zero attached hydrogens (tertiary/aromatic N) is 3. The van der Waals surface area contributed by atoms with Crippen molar-refractivity contribution >= 4 is 135 Å². The fraction of sp³-hybridized carbons (Fsp3) is 0. The molecule has 0 spiro atoms. The summed E-state index contributed by atoms with van der Waals surface area (Å²) in [6.07, 6.45) is 0. The summed E-state index contributed by atoms with van der Waals surface area (Å²) in [4.78, 5) is 0. The molecule has 0 aliphatic carbocycles. The van der Waals surface area contributed by atoms with Crippen LogP contribution in [0, 0.1) is 0 Å². The van der Waals surface area contributed by atoms with Gasteiger partial charge in [-0.2, -0.15) is 0 Å². The van der Waals surface area contributed by atoms with Crippen LogP contribution in [0.3, 0.4) is 0 Å². The average Bonchev–Trinajstić information content (AvgIpc) is 2.11. The van der Waals surface area contributed by atoms with Crippen molar-refractivity contribution in [3.8, 4) is 17.1 Å². The van der Waals surface area contributed by atoms with Crippen LogP contribution in [0.4, 0.5) is 0 Å². The molecule has 16 rings (SSSR count). The number of rotatable bonds is 12. The average molecular weight is 1180 g/mol. The highest BCUT2D eigenvalue weighted by Crippen LogP contribution is 2.47. The van der Waals surface area contributed by atoms with Crippen molar-refractivity contribution < 1.29 is 14.6 Å². The van der Waals surface area contributed by atoms with Gasteiger partial charge in [-0.1, -0.05) is 243 Å². The topological polar surface area (TPSA) is 80.4 Å². The predicted molar refractivity (Wildman–Crippen MR) is 371 cm³/mol. The van der Waals surface area contributed by atoms with E-state index in [2.05, 4.69) is 220 Å². The summed E-state index contributed by atoms with van der Waals surface area (Å²) < 4.78 is 39.3. The summed E-state index contributed by atoms with van der Waals surface area (Å²) in [6.45, 7) is 0. The first-order chi connectivity index (χ1) is 42.4. The van der Waals surface area contributed by atoms with Gasteiger partial charge in [-0.25, -0.2) is 0 Å². The molecular formula is C78H56N3O3P3. The lowest BCUT2D eigenvalue weighted by atomic mass is 10.1. The van der Waals surface area contributed by atoms with Crippen LogP contribution >= 0.6 is 22.2 Å². The molecular weight excluding hydrogens is 1120 g/mol. The summed E-state index contributed by atoms with van der Waals surface area (Å²) in [5, 5.41) is 15.1. The van der Waals surface area contributed by atoms with Gasteiger partial charge >= 0.3 is 0 Å². The Balaban J connectivity index is 0.00000638. The van der Waals surface area contributed by atoms with Crippen LogP contribution in [-0.4, -0.2) is 19.2 Å². The molecule has 0 saturated heterocycles. The molecule has 0 amide bonds. The number of para-hydroxylation sites is 3. The maximum absolute atomic E-state index is 16.1. The molecule has 9 heteroatoms. The molecule has 0 fully saturated rings. The third-order valence-corrected chi connectivity index (χ3v) is 25.7. The summed E-state index contributed by atoms with van der Waals surface area (Å²) in [5.41, 5.74) is 9.17. The van der Waals surface area contributed by atoms with E-state index in [4.69, 9.17) is 0 Å². The minimum Gasteiger partial charge on any atom is -0.412 e. The van der Waals surface area contributed by atoms with Gasteiger partial charge in [0.05, 0.1) is 50.2 Å². The number of fused-ring (bicyclic) bond motifs is 9. The second kappa shape index (κ2) is 21.9. The van der Waals surface area contributed by atoms with Crippen molar-refractivity contribution in [2.45, 2.75) is 0 Å². The normalized spacial score (nSPS) is 12.0. The third-order valence-electron chi connectivity index (χ3n) is 17.1. The first-order valence-corrected chi connectivity index (χ1v) is 33.8. The van der Waals surface area contributed by atoms with E-state index in [1.807, 2.05) is 121 Å². The van der Waals surface area contributed by atoms with Gasteiger partial charge < -0.3 is 28.3 Å². The Morgan fingerprint density at radius 3 is 0.816 bits per heavy atom. The van der Waals surface area contributed by atoms with Crippen molar-refractivity contribution in [1.82, 2.24) is 13.7 Å². The largest absolute Gasteiger partial charge is 0.412 e. The molecule has 0 atom stereocenters. The molecule has 0 unspecified atom stereocenters. The van der Waals surface area contributed by atoms with E-state index in [9.17, 15) is 0 Å². The van der Waals surface area contributed by atoms with E-state index >= 15 is 9.13 Å². The van der Waals surface area contributed by atoms with Crippen LogP contribution in [0.1, 0.15) is 0 Å². The molecule has 0 aliphatic rings. The molecule has 3 heterocycles. The summed E-state index contributed by atoms with van der Waals surface area (Å²) >= 11 is 0. The van der Waals surface area contributed by atoms with Crippen LogP contribution < -0.4 is 47.7 Å². The highest BCUT2D eigenvalue weighted by Gasteiger charge is 2.33. The fourth-order valence-corrected chi connectivity index (χ4v) is 20.9. The maximum atomic E-state index is 16.1. The zero-order valence-corrected chi connectivity index (χ0v) is 49.9. The fourth-order valence-electron chi connectivity index (χ4n) is 13.3. The smallest absolute Gasteiger partial charge is 0.171 e. The van der Waals surface area contributed by atoms with Crippen molar-refractivity contribution in [1.29, 1.82) is 0 Å². The van der Waals surface area contributed by atoms with E-state index in [-0.39, 0.29) is 5.48 Å². The Bertz CT molecular complexity index is 5000. The maximum Gasteiger partial charge on any atom is 0.171 e. The highest BCUT2D eigenvalue weighted by molar-refractivity contribution is 7.85. The van der Waals surface area contributed by atoms with E-state index < -0.39 is 22.2 Å². The molecule has 0 aliphatic heterocycles. The first-order valence-electron chi connectivity index (χ1n) is 29.0. The Kier molecular flexibility index (Phi) is 13.5. The van der Waals surface area contributed by atoms with Gasteiger partial charge in [0.15, 0.2) is 14.3 Å². The molecule has 0 saturated carbocycles. The van der Waals surface area contributed by atoms with Gasteiger partial charge in [0, 0.05) is 64.1 Å². The summed E-state index contributed by atoms with van der Waals surface area (Å²) in [7, 11) is -7.52. The molecule has 0 radical (unpaired) electrons. The zero-order chi connectivity index (χ0) is 57.3. The molecule has 416 valence electrons. The van der Waals surface area contributed by atoms with Gasteiger partial charge in [-0.05, 0) is 109 Å². The molecule has 87 heavy (non-hydrogen) atoms. The van der Waals surface area contributed by atoms with Crippen molar-refractivity contribution in [3.63, 3.8) is 0 Å². The quantitative estimate of drug-likeness (QED) is 0.114. The second-order valence-corrected chi connectivity index (χ2v) is 29.7. The molecule has 2 N–H and O–H groups in total. The predicted octanol–water partition coefficient (Wildman–Crippen LogP) is 15.2. The van der Waals surface area contributed by atoms with Gasteiger partial charge in [-0.15, -0.1) is 0 Å². The lowest BCUT2D eigenvalue weighted by Crippen LogP contribution is -2.24. The number of aromatic nitrogens is 3. The molecule has 16 aromatic rings. The van der Waals surface area contributed by atoms with E-state index in [1.165, 1.54) is 26.7 Å². The lowest BCUT2D eigenvalue weighted by molar-refractivity contribution is 0.591. The minimum absolute atomic E-state index is 0. The van der Waals surface area contributed by atoms with Crippen LogP contribution in [0.25, 0.3) is 82.5 Å². The Hall–Kier alpha value is -9.89. The van der Waals surface area contributed by atoms with Crippen molar-refractivity contribution in [2.24, 2.45) is 0 Å². The summed E-state index contributed by atoms with van der Waals surface area (Å²) in [5.74, 6) is 0. The van der Waals surface area contributed by atoms with Gasteiger partial charge in [0.1, 0.15) is 0 Å². The Morgan fingerprint density at radius 2 is 0.483 bits per heavy atom. The van der Waals surface area contributed by atoms with Crippen LogP contribution in [-0.2, 0) is 9.13 Å². The number of benzene rings is 13. The van der Waals surface area contributed by atoms with E-state index in [0.717, 1.165) is 104 Å². The number of hydrogen-bond acceptors (Lipinski definition) is 2. The Morgan fingerprint density at radius 1 is 0.218 bits per heavy atom. The minimum atomic E-state index is -3.32. The molecule has 3 aromatic heterocycles. The standard InChI is InChI=1S/C78H54N3O2P3.H2O/c82-85(61-29-11-3-12-30-61,62-31-13-4-14-32-62)65-44-47-77-71(53-65)68-38-20-23-41-74(68)80(77)56-49-55(79-73-40-22-19-37-67(73)70-52-60(43-46-76(70)79)84(58-25-7-1-8-26-58)59-27-9-2-10-28-59)50-57(51-56)81-75-42-24-21-39-69(75)72-54-66(45-48-78(72)81)86(83,63-33-15-5-16-34-63)64-35-17-6-18-36-64;/h1-54H;1H2. The third kappa shape index (κ3) is 8.79. The molecule has 6 nitrogen and oxygen atoms in total. The second-order valence-electron chi connectivity index (χ2n) is 21.9. The van der Waals surface area contributed by atoms with Crippen LogP contribution in [0.2, 0.25) is 0 Å². The first kappa shape index (κ1) is 53.8. The van der Waals surface area contributed by atoms with E-state index in [1.54, 1.807) is 0 Å². The highest BCUT2D eigenvalue weighted by atomic mass is 31.2.